The maximum atomic E-state index is 11.2. The molecule has 1 aromatic heterocycles. The van der Waals surface area contributed by atoms with Gasteiger partial charge in [-0.15, -0.1) is 0 Å². The first kappa shape index (κ1) is 11.9. The molecule has 4 heteroatoms. The Hall–Kier alpha value is -2.15. The van der Waals surface area contributed by atoms with Gasteiger partial charge in [-0.3, -0.25) is 4.79 Å². The molecule has 96 valence electrons. The molecular formula is C15H15N3O. The molecule has 1 fully saturated rings. The van der Waals surface area contributed by atoms with Crippen LogP contribution >= 0.6 is 0 Å². The summed E-state index contributed by atoms with van der Waals surface area (Å²) in [5.74, 6) is 0.483. The predicted octanol–water partition coefficient (Wildman–Crippen LogP) is 3.23. The van der Waals surface area contributed by atoms with Crippen molar-refractivity contribution in [2.24, 2.45) is 0 Å². The van der Waals surface area contributed by atoms with Crippen molar-refractivity contribution < 1.29 is 4.79 Å². The predicted molar refractivity (Wildman–Crippen MR) is 72.0 cm³/mol. The van der Waals surface area contributed by atoms with Crippen molar-refractivity contribution in [2.45, 2.75) is 38.1 Å². The zero-order valence-corrected chi connectivity index (χ0v) is 10.7. The van der Waals surface area contributed by atoms with E-state index in [2.05, 4.69) is 11.1 Å². The molecule has 1 aliphatic carbocycles. The number of aldehydes is 1. The fourth-order valence-corrected chi connectivity index (χ4v) is 2.99. The summed E-state index contributed by atoms with van der Waals surface area (Å²) >= 11 is 0. The van der Waals surface area contributed by atoms with Crippen LogP contribution in [0.3, 0.4) is 0 Å². The Bertz CT molecular complexity index is 660. The highest BCUT2D eigenvalue weighted by Crippen LogP contribution is 2.32. The van der Waals surface area contributed by atoms with Crippen molar-refractivity contribution in [3.05, 3.63) is 29.6 Å². The number of nitriles is 1. The van der Waals surface area contributed by atoms with Crippen LogP contribution in [-0.2, 0) is 0 Å². The third-order valence-electron chi connectivity index (χ3n) is 3.89. The minimum absolute atomic E-state index is 0.341. The lowest BCUT2D eigenvalue weighted by Gasteiger charge is -2.24. The molecule has 0 spiro atoms. The van der Waals surface area contributed by atoms with Crippen molar-refractivity contribution in [1.82, 2.24) is 9.55 Å². The van der Waals surface area contributed by atoms with Gasteiger partial charge in [-0.25, -0.2) is 4.98 Å². The molecule has 0 saturated heterocycles. The topological polar surface area (TPSA) is 58.7 Å². The first-order valence-corrected chi connectivity index (χ1v) is 6.71. The Morgan fingerprint density at radius 2 is 2.11 bits per heavy atom. The van der Waals surface area contributed by atoms with Crippen molar-refractivity contribution in [3.63, 3.8) is 0 Å². The Morgan fingerprint density at radius 3 is 2.79 bits per heavy atom. The molecule has 0 unspecified atom stereocenters. The zero-order chi connectivity index (χ0) is 13.2. The normalized spacial score (nSPS) is 16.4. The van der Waals surface area contributed by atoms with Crippen LogP contribution in [0.15, 0.2) is 18.2 Å². The maximum Gasteiger partial charge on any atom is 0.185 e. The lowest BCUT2D eigenvalue weighted by atomic mass is 9.95. The van der Waals surface area contributed by atoms with Gasteiger partial charge in [-0.05, 0) is 31.0 Å². The van der Waals surface area contributed by atoms with Gasteiger partial charge in [0.25, 0.3) is 0 Å². The van der Waals surface area contributed by atoms with Gasteiger partial charge in [0.05, 0.1) is 22.7 Å². The van der Waals surface area contributed by atoms with E-state index in [9.17, 15) is 4.79 Å². The van der Waals surface area contributed by atoms with E-state index in [-0.39, 0.29) is 0 Å². The first-order chi connectivity index (χ1) is 9.33. The minimum Gasteiger partial charge on any atom is -0.319 e. The van der Waals surface area contributed by atoms with Gasteiger partial charge in [-0.1, -0.05) is 19.3 Å². The molecule has 0 aliphatic heterocycles. The summed E-state index contributed by atoms with van der Waals surface area (Å²) in [5.41, 5.74) is 2.32. The van der Waals surface area contributed by atoms with Crippen LogP contribution in [0.2, 0.25) is 0 Å². The molecule has 0 radical (unpaired) electrons. The summed E-state index contributed by atoms with van der Waals surface area (Å²) in [4.78, 5) is 15.6. The van der Waals surface area contributed by atoms with E-state index in [1.165, 1.54) is 19.3 Å². The lowest BCUT2D eigenvalue weighted by molar-refractivity contribution is 0.110. The Morgan fingerprint density at radius 1 is 1.32 bits per heavy atom. The highest BCUT2D eigenvalue weighted by atomic mass is 16.1. The summed E-state index contributed by atoms with van der Waals surface area (Å²) in [6.07, 6.45) is 6.65. The second kappa shape index (κ2) is 4.85. The van der Waals surface area contributed by atoms with Crippen LogP contribution in [0, 0.1) is 11.3 Å². The van der Waals surface area contributed by atoms with E-state index < -0.39 is 0 Å². The van der Waals surface area contributed by atoms with Gasteiger partial charge in [0, 0.05) is 6.04 Å². The number of hydrogen-bond donors (Lipinski definition) is 0. The molecule has 1 saturated carbocycles. The first-order valence-electron chi connectivity index (χ1n) is 6.71. The molecule has 19 heavy (non-hydrogen) atoms. The van der Waals surface area contributed by atoms with E-state index in [1.807, 2.05) is 16.7 Å². The quantitative estimate of drug-likeness (QED) is 0.772. The number of rotatable bonds is 2. The summed E-state index contributed by atoms with van der Waals surface area (Å²) in [5, 5.41) is 9.01. The van der Waals surface area contributed by atoms with Gasteiger partial charge in [-0.2, -0.15) is 5.26 Å². The van der Waals surface area contributed by atoms with Crippen LogP contribution in [0.4, 0.5) is 0 Å². The van der Waals surface area contributed by atoms with Crippen molar-refractivity contribution in [2.75, 3.05) is 0 Å². The number of carbonyl (C=O) groups excluding carboxylic acids is 1. The zero-order valence-electron chi connectivity index (χ0n) is 10.7. The van der Waals surface area contributed by atoms with Crippen LogP contribution < -0.4 is 0 Å². The van der Waals surface area contributed by atoms with Crippen molar-refractivity contribution >= 4 is 17.3 Å². The molecule has 2 aromatic rings. The fourth-order valence-electron chi connectivity index (χ4n) is 2.99. The van der Waals surface area contributed by atoms with Crippen LogP contribution in [-0.4, -0.2) is 15.8 Å². The molecule has 1 aromatic carbocycles. The van der Waals surface area contributed by atoms with Gasteiger partial charge in [0.15, 0.2) is 12.1 Å². The van der Waals surface area contributed by atoms with Gasteiger partial charge < -0.3 is 4.57 Å². The highest BCUT2D eigenvalue weighted by Gasteiger charge is 2.21. The van der Waals surface area contributed by atoms with E-state index in [0.29, 0.717) is 17.4 Å². The van der Waals surface area contributed by atoms with Crippen molar-refractivity contribution in [1.29, 1.82) is 5.26 Å². The number of carbonyl (C=O) groups is 1. The molecule has 1 heterocycles. The highest BCUT2D eigenvalue weighted by molar-refractivity contribution is 5.84. The van der Waals surface area contributed by atoms with E-state index >= 15 is 0 Å². The molecular weight excluding hydrogens is 238 g/mol. The number of imidazole rings is 1. The third kappa shape index (κ3) is 2.01. The summed E-state index contributed by atoms with van der Waals surface area (Å²) in [6.45, 7) is 0. The SMILES string of the molecule is N#Cc1ccc2nc(C=O)n(C3CCCCC3)c2c1. The van der Waals surface area contributed by atoms with Crippen LogP contribution in [0.25, 0.3) is 11.0 Å². The number of hydrogen-bond acceptors (Lipinski definition) is 3. The Labute approximate surface area is 111 Å². The summed E-state index contributed by atoms with van der Waals surface area (Å²) in [6, 6.07) is 7.89. The maximum absolute atomic E-state index is 11.2. The molecule has 0 bridgehead atoms. The second-order valence-corrected chi connectivity index (χ2v) is 5.06. The molecule has 0 amide bonds. The average molecular weight is 253 g/mol. The van der Waals surface area contributed by atoms with Crippen LogP contribution in [0.1, 0.15) is 54.3 Å². The number of aromatic nitrogens is 2. The summed E-state index contributed by atoms with van der Waals surface area (Å²) in [7, 11) is 0. The average Bonchev–Trinajstić information content (AvgIpc) is 2.85. The monoisotopic (exact) mass is 253 g/mol. The molecule has 4 nitrogen and oxygen atoms in total. The van der Waals surface area contributed by atoms with E-state index in [4.69, 9.17) is 5.26 Å². The lowest BCUT2D eigenvalue weighted by Crippen LogP contribution is -2.15. The fraction of sp³-hybridized carbons (Fsp3) is 0.400. The van der Waals surface area contributed by atoms with Crippen molar-refractivity contribution in [3.8, 4) is 6.07 Å². The van der Waals surface area contributed by atoms with E-state index in [1.54, 1.807) is 6.07 Å². The Kier molecular flexibility index (Phi) is 3.04. The second-order valence-electron chi connectivity index (χ2n) is 5.06. The van der Waals surface area contributed by atoms with Gasteiger partial charge in [0.2, 0.25) is 0 Å². The minimum atomic E-state index is 0.341. The third-order valence-corrected chi connectivity index (χ3v) is 3.89. The molecule has 0 atom stereocenters. The number of nitrogens with zero attached hydrogens (tertiary/aromatic N) is 3. The molecule has 0 N–H and O–H groups in total. The Balaban J connectivity index is 2.18. The van der Waals surface area contributed by atoms with Gasteiger partial charge >= 0.3 is 0 Å². The largest absolute Gasteiger partial charge is 0.319 e. The molecule has 1 aliphatic rings. The number of fused-ring (bicyclic) bond motifs is 1. The van der Waals surface area contributed by atoms with Crippen LogP contribution in [0.5, 0.6) is 0 Å². The van der Waals surface area contributed by atoms with Gasteiger partial charge in [0.1, 0.15) is 0 Å². The molecule has 3 rings (SSSR count). The number of benzene rings is 1. The standard InChI is InChI=1S/C15H15N3O/c16-9-11-6-7-13-14(8-11)18(15(10-19)17-13)12-4-2-1-3-5-12/h6-8,10,12H,1-5H2. The summed E-state index contributed by atoms with van der Waals surface area (Å²) < 4.78 is 2.03. The van der Waals surface area contributed by atoms with E-state index in [0.717, 1.165) is 30.2 Å². The smallest absolute Gasteiger partial charge is 0.185 e.